The van der Waals surface area contributed by atoms with Gasteiger partial charge >= 0.3 is 0 Å². The minimum absolute atomic E-state index is 0.502. The van der Waals surface area contributed by atoms with Gasteiger partial charge in [0.1, 0.15) is 5.01 Å². The van der Waals surface area contributed by atoms with E-state index in [9.17, 15) is 5.11 Å². The lowest BCUT2D eigenvalue weighted by Gasteiger charge is -2.02. The highest BCUT2D eigenvalue weighted by Gasteiger charge is 1.97. The Labute approximate surface area is 81.7 Å². The van der Waals surface area contributed by atoms with Crippen LogP contribution in [0.15, 0.2) is 12.3 Å². The van der Waals surface area contributed by atoms with Crippen molar-refractivity contribution in [3.63, 3.8) is 0 Å². The van der Waals surface area contributed by atoms with Crippen molar-refractivity contribution >= 4 is 17.4 Å². The average Bonchev–Trinajstić information content (AvgIpc) is 2.49. The summed E-state index contributed by atoms with van der Waals surface area (Å²) >= 11 is 1.58. The number of nitrogens with zero attached hydrogens (tertiary/aromatic N) is 1. The van der Waals surface area contributed by atoms with Crippen molar-refractivity contribution in [1.82, 2.24) is 4.98 Å². The molecule has 1 unspecified atom stereocenters. The molecule has 0 bridgehead atoms. The smallest absolute Gasteiger partial charge is 0.174 e. The molecule has 1 atom stereocenters. The van der Waals surface area contributed by atoms with Gasteiger partial charge in [-0.1, -0.05) is 0 Å². The molecule has 72 valence electrons. The van der Waals surface area contributed by atoms with E-state index in [2.05, 4.69) is 4.98 Å². The van der Waals surface area contributed by atoms with Crippen molar-refractivity contribution in [2.24, 2.45) is 0 Å². The summed E-state index contributed by atoms with van der Waals surface area (Å²) in [6.45, 7) is 4.33. The van der Waals surface area contributed by atoms with Crippen LogP contribution in [0.1, 0.15) is 16.8 Å². The molecular weight excluding hydrogens is 186 g/mol. The number of rotatable bonds is 4. The molecule has 1 aromatic heterocycles. The van der Waals surface area contributed by atoms with Crippen LogP contribution in [0.25, 0.3) is 6.08 Å². The number of hydrogen-bond acceptors (Lipinski definition) is 4. The van der Waals surface area contributed by atoms with Gasteiger partial charge in [0.15, 0.2) is 6.29 Å². The fourth-order valence-electron chi connectivity index (χ4n) is 0.840. The highest BCUT2D eigenvalue weighted by molar-refractivity contribution is 7.12. The van der Waals surface area contributed by atoms with Gasteiger partial charge in [-0.25, -0.2) is 4.98 Å². The van der Waals surface area contributed by atoms with Crippen molar-refractivity contribution in [2.45, 2.75) is 20.1 Å². The molecule has 0 amide bonds. The molecule has 0 fully saturated rings. The van der Waals surface area contributed by atoms with Gasteiger partial charge in [-0.15, -0.1) is 11.3 Å². The summed E-state index contributed by atoms with van der Waals surface area (Å²) in [6.07, 6.45) is 4.33. The normalized spacial score (nSPS) is 13.8. The summed E-state index contributed by atoms with van der Waals surface area (Å²) in [5, 5.41) is 10.1. The Kier molecular flexibility index (Phi) is 4.08. The summed E-state index contributed by atoms with van der Waals surface area (Å²) in [7, 11) is 0. The van der Waals surface area contributed by atoms with Crippen LogP contribution in [0, 0.1) is 6.92 Å². The van der Waals surface area contributed by atoms with Crippen molar-refractivity contribution in [3.8, 4) is 0 Å². The van der Waals surface area contributed by atoms with Gasteiger partial charge in [-0.05, 0) is 26.0 Å². The van der Waals surface area contributed by atoms with Crippen molar-refractivity contribution in [3.05, 3.63) is 22.2 Å². The maximum atomic E-state index is 9.19. The molecule has 1 aromatic rings. The largest absolute Gasteiger partial charge is 0.365 e. The van der Waals surface area contributed by atoms with E-state index in [4.69, 9.17) is 4.74 Å². The summed E-state index contributed by atoms with van der Waals surface area (Å²) in [5.74, 6) is 0. The Hall–Kier alpha value is -0.710. The zero-order chi connectivity index (χ0) is 9.68. The van der Waals surface area contributed by atoms with Gasteiger partial charge in [-0.3, -0.25) is 0 Å². The average molecular weight is 199 g/mol. The van der Waals surface area contributed by atoms with Gasteiger partial charge in [0.2, 0.25) is 0 Å². The molecule has 3 nitrogen and oxygen atoms in total. The third-order valence-corrected chi connectivity index (χ3v) is 2.26. The second-order valence-corrected chi connectivity index (χ2v) is 3.78. The first kappa shape index (κ1) is 10.4. The predicted octanol–water partition coefficient (Wildman–Crippen LogP) is 1.82. The van der Waals surface area contributed by atoms with Gasteiger partial charge in [0.05, 0.1) is 0 Å². The van der Waals surface area contributed by atoms with Crippen LogP contribution < -0.4 is 0 Å². The van der Waals surface area contributed by atoms with Crippen LogP contribution in [0.4, 0.5) is 0 Å². The second kappa shape index (κ2) is 5.11. The molecule has 0 saturated carbocycles. The SMILES string of the molecule is CCOC(O)/C=C/c1ncc(C)s1. The number of aryl methyl sites for hydroxylation is 1. The third-order valence-electron chi connectivity index (χ3n) is 1.38. The first-order valence-corrected chi connectivity index (χ1v) is 4.94. The van der Waals surface area contributed by atoms with E-state index in [-0.39, 0.29) is 0 Å². The Bertz CT molecular complexity index is 283. The maximum absolute atomic E-state index is 9.19. The minimum Gasteiger partial charge on any atom is -0.365 e. The fraction of sp³-hybridized carbons (Fsp3) is 0.444. The van der Waals surface area contributed by atoms with Crippen LogP contribution >= 0.6 is 11.3 Å². The zero-order valence-corrected chi connectivity index (χ0v) is 8.54. The maximum Gasteiger partial charge on any atom is 0.174 e. The molecule has 0 spiro atoms. The summed E-state index contributed by atoms with van der Waals surface area (Å²) in [5.41, 5.74) is 0. The molecule has 1 heterocycles. The van der Waals surface area contributed by atoms with E-state index in [1.165, 1.54) is 0 Å². The van der Waals surface area contributed by atoms with E-state index < -0.39 is 6.29 Å². The van der Waals surface area contributed by atoms with Crippen LogP contribution in [0.2, 0.25) is 0 Å². The highest BCUT2D eigenvalue weighted by Crippen LogP contribution is 2.12. The number of thiazole rings is 1. The van der Waals surface area contributed by atoms with Crippen molar-refractivity contribution in [2.75, 3.05) is 6.61 Å². The molecule has 0 aliphatic rings. The van der Waals surface area contributed by atoms with Crippen LogP contribution in [0.5, 0.6) is 0 Å². The Morgan fingerprint density at radius 1 is 1.77 bits per heavy atom. The monoisotopic (exact) mass is 199 g/mol. The molecule has 0 aliphatic carbocycles. The molecule has 0 aliphatic heterocycles. The van der Waals surface area contributed by atoms with Crippen molar-refractivity contribution in [1.29, 1.82) is 0 Å². The summed E-state index contributed by atoms with van der Waals surface area (Å²) in [6, 6.07) is 0. The molecule has 0 aromatic carbocycles. The van der Waals surface area contributed by atoms with E-state index in [0.717, 1.165) is 9.88 Å². The third kappa shape index (κ3) is 3.67. The zero-order valence-electron chi connectivity index (χ0n) is 7.73. The first-order chi connectivity index (χ1) is 6.22. The molecule has 13 heavy (non-hydrogen) atoms. The standard InChI is InChI=1S/C9H13NO2S/c1-3-12-9(11)5-4-8-10-6-7(2)13-8/h4-6,9,11H,3H2,1-2H3/b5-4+. The van der Waals surface area contributed by atoms with Crippen molar-refractivity contribution < 1.29 is 9.84 Å². The molecular formula is C9H13NO2S. The Balaban J connectivity index is 2.48. The summed E-state index contributed by atoms with van der Waals surface area (Å²) < 4.78 is 4.92. The molecule has 0 radical (unpaired) electrons. The number of aliphatic hydroxyl groups excluding tert-OH is 1. The fourth-order valence-corrected chi connectivity index (χ4v) is 1.53. The van der Waals surface area contributed by atoms with E-state index in [0.29, 0.717) is 6.61 Å². The lowest BCUT2D eigenvalue weighted by atomic mass is 10.5. The first-order valence-electron chi connectivity index (χ1n) is 4.12. The van der Waals surface area contributed by atoms with Crippen LogP contribution in [-0.2, 0) is 4.74 Å². The molecule has 1 rings (SSSR count). The number of hydrogen-bond donors (Lipinski definition) is 1. The van der Waals surface area contributed by atoms with Gasteiger partial charge < -0.3 is 9.84 Å². The van der Waals surface area contributed by atoms with E-state index in [1.807, 2.05) is 13.8 Å². The quantitative estimate of drug-likeness (QED) is 0.752. The number of aromatic nitrogens is 1. The minimum atomic E-state index is -0.825. The number of ether oxygens (including phenoxy) is 1. The van der Waals surface area contributed by atoms with Gasteiger partial charge in [0, 0.05) is 17.7 Å². The number of aliphatic hydroxyl groups is 1. The van der Waals surface area contributed by atoms with Gasteiger partial charge in [0.25, 0.3) is 0 Å². The lowest BCUT2D eigenvalue weighted by Crippen LogP contribution is -2.06. The van der Waals surface area contributed by atoms with Crippen LogP contribution in [0.3, 0.4) is 0 Å². The molecule has 4 heteroatoms. The van der Waals surface area contributed by atoms with Crippen LogP contribution in [-0.4, -0.2) is 23.0 Å². The second-order valence-electron chi connectivity index (χ2n) is 2.51. The summed E-state index contributed by atoms with van der Waals surface area (Å²) in [4.78, 5) is 5.27. The molecule has 0 saturated heterocycles. The molecule has 1 N–H and O–H groups in total. The van der Waals surface area contributed by atoms with Gasteiger partial charge in [-0.2, -0.15) is 0 Å². The topological polar surface area (TPSA) is 42.4 Å². The highest BCUT2D eigenvalue weighted by atomic mass is 32.1. The predicted molar refractivity (Wildman–Crippen MR) is 53.5 cm³/mol. The van der Waals surface area contributed by atoms with E-state index >= 15 is 0 Å². The Morgan fingerprint density at radius 2 is 2.54 bits per heavy atom. The lowest BCUT2D eigenvalue weighted by molar-refractivity contribution is -0.0581. The van der Waals surface area contributed by atoms with E-state index in [1.54, 1.807) is 29.7 Å². The Morgan fingerprint density at radius 3 is 3.08 bits per heavy atom.